The quantitative estimate of drug-likeness (QED) is 0.292. The summed E-state index contributed by atoms with van der Waals surface area (Å²) in [6, 6.07) is 18.0. The second-order valence-corrected chi connectivity index (χ2v) is 11.0. The van der Waals surface area contributed by atoms with Gasteiger partial charge in [0.2, 0.25) is 11.6 Å². The first-order valence-electron chi connectivity index (χ1n) is 13.5. The summed E-state index contributed by atoms with van der Waals surface area (Å²) in [7, 11) is 1.61. The molecule has 0 unspecified atom stereocenters. The summed E-state index contributed by atoms with van der Waals surface area (Å²) in [5.41, 5.74) is 3.13. The maximum absolute atomic E-state index is 11.8. The molecule has 2 aromatic heterocycles. The highest BCUT2D eigenvalue weighted by Crippen LogP contribution is 2.36. The van der Waals surface area contributed by atoms with Gasteiger partial charge in [0, 0.05) is 11.8 Å². The van der Waals surface area contributed by atoms with E-state index in [1.807, 2.05) is 36.5 Å². The van der Waals surface area contributed by atoms with Crippen LogP contribution in [0.4, 0.5) is 0 Å². The predicted octanol–water partition coefficient (Wildman–Crippen LogP) is 4.77. The van der Waals surface area contributed by atoms with Crippen LogP contribution in [0.3, 0.4) is 0 Å². The van der Waals surface area contributed by atoms with Gasteiger partial charge in [0.1, 0.15) is 11.9 Å². The van der Waals surface area contributed by atoms with E-state index in [1.165, 1.54) is 10.2 Å². The minimum atomic E-state index is -1.16. The van der Waals surface area contributed by atoms with Crippen molar-refractivity contribution in [3.05, 3.63) is 77.6 Å². The van der Waals surface area contributed by atoms with Crippen molar-refractivity contribution in [3.63, 3.8) is 0 Å². The molecule has 1 fully saturated rings. The van der Waals surface area contributed by atoms with Crippen LogP contribution < -0.4 is 9.47 Å². The maximum atomic E-state index is 11.8. The predicted molar refractivity (Wildman–Crippen MR) is 149 cm³/mol. The second-order valence-electron chi connectivity index (χ2n) is 11.0. The molecule has 0 spiro atoms. The van der Waals surface area contributed by atoms with Crippen LogP contribution in [0.15, 0.2) is 60.8 Å². The van der Waals surface area contributed by atoms with E-state index in [2.05, 4.69) is 39.7 Å². The summed E-state index contributed by atoms with van der Waals surface area (Å²) in [5, 5.41) is 32.2. The lowest BCUT2D eigenvalue weighted by molar-refractivity contribution is 0.0577. The van der Waals surface area contributed by atoms with Gasteiger partial charge in [-0.1, -0.05) is 41.6 Å². The number of aliphatic hydroxyl groups is 1. The van der Waals surface area contributed by atoms with E-state index < -0.39 is 11.6 Å². The second kappa shape index (κ2) is 11.5. The van der Waals surface area contributed by atoms with Crippen molar-refractivity contribution in [2.75, 3.05) is 7.11 Å². The number of aromatic carboxylic acids is 1. The van der Waals surface area contributed by atoms with Crippen LogP contribution >= 0.6 is 0 Å². The van der Waals surface area contributed by atoms with Gasteiger partial charge in [-0.15, -0.1) is 5.10 Å². The zero-order chi connectivity index (χ0) is 28.3. The zero-order valence-electron chi connectivity index (χ0n) is 23.0. The smallest absolute Gasteiger partial charge is 0.362 e. The van der Waals surface area contributed by atoms with Crippen LogP contribution in [-0.2, 0) is 13.1 Å². The SMILES string of the molecule is COc1ccc(Cn2nnc(C(=O)O)c2O[C@H]2CC[C@H](c3ccc(-c4ccn(CC(C)(C)O)n4)cc3)CC2)cc1. The normalized spacial score (nSPS) is 17.5. The van der Waals surface area contributed by atoms with E-state index >= 15 is 0 Å². The number of benzene rings is 2. The fourth-order valence-corrected chi connectivity index (χ4v) is 5.16. The Bertz CT molecular complexity index is 1430. The van der Waals surface area contributed by atoms with E-state index in [1.54, 1.807) is 25.6 Å². The molecule has 2 N–H and O–H groups in total. The van der Waals surface area contributed by atoms with Crippen LogP contribution in [0.2, 0.25) is 0 Å². The van der Waals surface area contributed by atoms with E-state index in [-0.39, 0.29) is 17.7 Å². The molecule has 10 nitrogen and oxygen atoms in total. The lowest BCUT2D eigenvalue weighted by Crippen LogP contribution is -2.26. The van der Waals surface area contributed by atoms with E-state index in [4.69, 9.17) is 9.47 Å². The first-order valence-corrected chi connectivity index (χ1v) is 13.5. The van der Waals surface area contributed by atoms with Gasteiger partial charge < -0.3 is 19.7 Å². The highest BCUT2D eigenvalue weighted by atomic mass is 16.5. The molecule has 1 aliphatic rings. The van der Waals surface area contributed by atoms with Crippen molar-refractivity contribution in [3.8, 4) is 22.9 Å². The van der Waals surface area contributed by atoms with Crippen LogP contribution in [0.25, 0.3) is 11.3 Å². The Balaban J connectivity index is 1.21. The molecule has 2 aromatic carbocycles. The molecule has 4 aromatic rings. The number of hydrogen-bond acceptors (Lipinski definition) is 7. The van der Waals surface area contributed by atoms with Crippen molar-refractivity contribution in [1.29, 1.82) is 0 Å². The highest BCUT2D eigenvalue weighted by molar-refractivity contribution is 5.87. The first-order chi connectivity index (χ1) is 19.2. The Morgan fingerprint density at radius 3 is 2.35 bits per heavy atom. The molecule has 2 heterocycles. The van der Waals surface area contributed by atoms with Gasteiger partial charge in [-0.3, -0.25) is 4.68 Å². The van der Waals surface area contributed by atoms with Crippen LogP contribution in [0, 0.1) is 0 Å². The molecule has 1 aliphatic carbocycles. The molecular formula is C30H35N5O5. The largest absolute Gasteiger partial charge is 0.497 e. The molecule has 10 heteroatoms. The fraction of sp³-hybridized carbons (Fsp3) is 0.400. The average Bonchev–Trinajstić information content (AvgIpc) is 3.56. The van der Waals surface area contributed by atoms with Gasteiger partial charge in [-0.25, -0.2) is 9.48 Å². The number of carboxylic acid groups (broad SMARTS) is 1. The number of carboxylic acids is 1. The third kappa shape index (κ3) is 6.51. The van der Waals surface area contributed by atoms with Gasteiger partial charge in [0.15, 0.2) is 0 Å². The maximum Gasteiger partial charge on any atom is 0.362 e. The van der Waals surface area contributed by atoms with Crippen LogP contribution in [-0.4, -0.2) is 59.8 Å². The summed E-state index contributed by atoms with van der Waals surface area (Å²) in [4.78, 5) is 11.8. The summed E-state index contributed by atoms with van der Waals surface area (Å²) < 4.78 is 14.7. The molecule has 0 bridgehead atoms. The number of ether oxygens (including phenoxy) is 2. The standard InChI is InChI=1S/C30H35N5O5/c1-30(2,38)19-34-17-16-26(32-34)23-8-6-21(7-9-23)22-10-14-25(15-11-22)40-28-27(29(36)37)31-33-35(28)18-20-4-12-24(39-3)13-5-20/h4-9,12-13,16-17,22,25,38H,10-11,14-15,18-19H2,1-3H3,(H,36,37)/t22-,25-. The third-order valence-corrected chi connectivity index (χ3v) is 7.20. The number of hydrogen-bond donors (Lipinski definition) is 2. The molecule has 0 amide bonds. The van der Waals surface area contributed by atoms with Gasteiger partial charge in [0.05, 0.1) is 31.5 Å². The molecular weight excluding hydrogens is 510 g/mol. The first kappa shape index (κ1) is 27.4. The Kier molecular flexibility index (Phi) is 7.88. The molecule has 210 valence electrons. The van der Waals surface area contributed by atoms with Crippen LogP contribution in [0.5, 0.6) is 11.6 Å². The van der Waals surface area contributed by atoms with E-state index in [0.717, 1.165) is 48.3 Å². The van der Waals surface area contributed by atoms with Gasteiger partial charge in [-0.05, 0) is 74.8 Å². The Morgan fingerprint density at radius 2 is 1.73 bits per heavy atom. The fourth-order valence-electron chi connectivity index (χ4n) is 5.16. The van der Waals surface area contributed by atoms with Crippen molar-refractivity contribution < 1.29 is 24.5 Å². The zero-order valence-corrected chi connectivity index (χ0v) is 23.0. The Hall–Kier alpha value is -4.18. The Morgan fingerprint density at radius 1 is 1.02 bits per heavy atom. The monoisotopic (exact) mass is 545 g/mol. The molecule has 0 aliphatic heterocycles. The van der Waals surface area contributed by atoms with Crippen molar-refractivity contribution >= 4 is 5.97 Å². The van der Waals surface area contributed by atoms with Crippen molar-refractivity contribution in [2.24, 2.45) is 0 Å². The topological polar surface area (TPSA) is 125 Å². The Labute approximate surface area is 233 Å². The molecule has 0 saturated heterocycles. The number of aromatic nitrogens is 5. The summed E-state index contributed by atoms with van der Waals surface area (Å²) in [5.74, 6) is 0.187. The number of carbonyl (C=O) groups is 1. The van der Waals surface area contributed by atoms with Crippen molar-refractivity contribution in [2.45, 2.75) is 70.2 Å². The molecule has 0 atom stereocenters. The molecule has 40 heavy (non-hydrogen) atoms. The average molecular weight is 546 g/mol. The number of nitrogens with zero attached hydrogens (tertiary/aromatic N) is 5. The highest BCUT2D eigenvalue weighted by Gasteiger charge is 2.28. The third-order valence-electron chi connectivity index (χ3n) is 7.20. The number of methoxy groups -OCH3 is 1. The van der Waals surface area contributed by atoms with Crippen LogP contribution in [0.1, 0.15) is 67.1 Å². The molecule has 1 saturated carbocycles. The van der Waals surface area contributed by atoms with Crippen molar-refractivity contribution in [1.82, 2.24) is 24.8 Å². The van der Waals surface area contributed by atoms with E-state index in [0.29, 0.717) is 19.0 Å². The summed E-state index contributed by atoms with van der Waals surface area (Å²) in [6.45, 7) is 4.31. The molecule has 0 radical (unpaired) electrons. The van der Waals surface area contributed by atoms with Gasteiger partial charge in [0.25, 0.3) is 0 Å². The lowest BCUT2D eigenvalue weighted by Gasteiger charge is -2.29. The minimum absolute atomic E-state index is 0.110. The summed E-state index contributed by atoms with van der Waals surface area (Å²) >= 11 is 0. The van der Waals surface area contributed by atoms with Gasteiger partial charge >= 0.3 is 5.97 Å². The van der Waals surface area contributed by atoms with Gasteiger partial charge in [-0.2, -0.15) is 5.10 Å². The van der Waals surface area contributed by atoms with E-state index in [9.17, 15) is 15.0 Å². The minimum Gasteiger partial charge on any atom is -0.497 e. The number of rotatable bonds is 10. The molecule has 5 rings (SSSR count). The lowest BCUT2D eigenvalue weighted by atomic mass is 9.82. The summed E-state index contributed by atoms with van der Waals surface area (Å²) in [6.07, 6.45) is 5.26.